The number of nitrogens with zero attached hydrogens (tertiary/aromatic N) is 2. The Balaban J connectivity index is 1.68. The van der Waals surface area contributed by atoms with Crippen LogP contribution in [0.4, 0.5) is 0 Å². The maximum atomic E-state index is 3.60. The quantitative estimate of drug-likeness (QED) is 0.796. The molecule has 0 aromatic rings. The fourth-order valence-electron chi connectivity index (χ4n) is 3.46. The first-order valence-electron chi connectivity index (χ1n) is 8.35. The third kappa shape index (κ3) is 4.73. The van der Waals surface area contributed by atoms with E-state index in [-0.39, 0.29) is 0 Å². The van der Waals surface area contributed by atoms with Crippen molar-refractivity contribution in [2.24, 2.45) is 5.92 Å². The Hall–Kier alpha value is -0.120. The first-order valence-corrected chi connectivity index (χ1v) is 8.35. The highest BCUT2D eigenvalue weighted by Gasteiger charge is 2.30. The van der Waals surface area contributed by atoms with Gasteiger partial charge in [0.05, 0.1) is 0 Å². The SMILES string of the molecule is CC(C)CNCC(C)N1CCC(N2CCCCC2)C1. The van der Waals surface area contributed by atoms with Crippen LogP contribution in [0.2, 0.25) is 0 Å². The van der Waals surface area contributed by atoms with Crippen LogP contribution in [0.3, 0.4) is 0 Å². The molecule has 3 nitrogen and oxygen atoms in total. The minimum atomic E-state index is 0.688. The van der Waals surface area contributed by atoms with Crippen LogP contribution in [-0.4, -0.2) is 61.2 Å². The second-order valence-corrected chi connectivity index (χ2v) is 6.94. The summed E-state index contributed by atoms with van der Waals surface area (Å²) in [4.78, 5) is 5.43. The lowest BCUT2D eigenvalue weighted by molar-refractivity contribution is 0.153. The van der Waals surface area contributed by atoms with Crippen LogP contribution in [0.5, 0.6) is 0 Å². The molecule has 2 saturated heterocycles. The minimum absolute atomic E-state index is 0.688. The molecule has 0 aromatic carbocycles. The van der Waals surface area contributed by atoms with Gasteiger partial charge in [-0.1, -0.05) is 20.3 Å². The van der Waals surface area contributed by atoms with Gasteiger partial charge in [-0.05, 0) is 51.7 Å². The van der Waals surface area contributed by atoms with E-state index in [1.54, 1.807) is 0 Å². The van der Waals surface area contributed by atoms with Crippen molar-refractivity contribution in [2.75, 3.05) is 39.3 Å². The number of piperidine rings is 1. The molecule has 3 heteroatoms. The third-order valence-electron chi connectivity index (χ3n) is 4.72. The lowest BCUT2D eigenvalue weighted by Crippen LogP contribution is -2.44. The molecule has 0 bridgehead atoms. The molecule has 0 amide bonds. The molecule has 0 aliphatic carbocycles. The highest BCUT2D eigenvalue weighted by molar-refractivity contribution is 4.87. The van der Waals surface area contributed by atoms with Crippen LogP contribution in [0.25, 0.3) is 0 Å². The Morgan fingerprint density at radius 1 is 1.00 bits per heavy atom. The van der Waals surface area contributed by atoms with E-state index >= 15 is 0 Å². The normalized spacial score (nSPS) is 28.1. The Kier molecular flexibility index (Phi) is 6.11. The predicted molar refractivity (Wildman–Crippen MR) is 82.6 cm³/mol. The summed E-state index contributed by atoms with van der Waals surface area (Å²) in [7, 11) is 0. The molecule has 0 spiro atoms. The van der Waals surface area contributed by atoms with Crippen molar-refractivity contribution in [3.63, 3.8) is 0 Å². The topological polar surface area (TPSA) is 18.5 Å². The Morgan fingerprint density at radius 3 is 2.42 bits per heavy atom. The van der Waals surface area contributed by atoms with Crippen LogP contribution < -0.4 is 5.32 Å². The largest absolute Gasteiger partial charge is 0.315 e. The smallest absolute Gasteiger partial charge is 0.0235 e. The monoisotopic (exact) mass is 267 g/mol. The van der Waals surface area contributed by atoms with E-state index in [4.69, 9.17) is 0 Å². The molecular weight excluding hydrogens is 234 g/mol. The van der Waals surface area contributed by atoms with Crippen LogP contribution in [0, 0.1) is 5.92 Å². The molecule has 2 aliphatic rings. The second-order valence-electron chi connectivity index (χ2n) is 6.94. The first-order chi connectivity index (χ1) is 9.16. The first kappa shape index (κ1) is 15.3. The van der Waals surface area contributed by atoms with E-state index < -0.39 is 0 Å². The summed E-state index contributed by atoms with van der Waals surface area (Å²) in [5.41, 5.74) is 0. The predicted octanol–water partition coefficient (Wildman–Crippen LogP) is 2.18. The van der Waals surface area contributed by atoms with Crippen molar-refractivity contribution in [1.29, 1.82) is 0 Å². The maximum absolute atomic E-state index is 3.60. The van der Waals surface area contributed by atoms with Gasteiger partial charge in [-0.2, -0.15) is 0 Å². The number of likely N-dealkylation sites (tertiary alicyclic amines) is 2. The van der Waals surface area contributed by atoms with E-state index in [2.05, 4.69) is 35.9 Å². The summed E-state index contributed by atoms with van der Waals surface area (Å²) in [6, 6.07) is 1.53. The third-order valence-corrected chi connectivity index (χ3v) is 4.72. The Bertz CT molecular complexity index is 248. The molecular formula is C16H33N3. The number of nitrogens with one attached hydrogen (secondary N) is 1. The van der Waals surface area contributed by atoms with Gasteiger partial charge in [0.2, 0.25) is 0 Å². The molecule has 0 radical (unpaired) electrons. The number of rotatable bonds is 6. The zero-order chi connectivity index (χ0) is 13.7. The average molecular weight is 267 g/mol. The Labute approximate surface area is 119 Å². The van der Waals surface area contributed by atoms with Crippen molar-refractivity contribution in [3.05, 3.63) is 0 Å². The highest BCUT2D eigenvalue weighted by Crippen LogP contribution is 2.21. The summed E-state index contributed by atoms with van der Waals surface area (Å²) in [6.07, 6.45) is 5.67. The van der Waals surface area contributed by atoms with Crippen LogP contribution in [0.1, 0.15) is 46.5 Å². The summed E-state index contributed by atoms with van der Waals surface area (Å²) in [5, 5.41) is 3.60. The summed E-state index contributed by atoms with van der Waals surface area (Å²) < 4.78 is 0. The van der Waals surface area contributed by atoms with Crippen molar-refractivity contribution < 1.29 is 0 Å². The van der Waals surface area contributed by atoms with Gasteiger partial charge in [-0.3, -0.25) is 9.80 Å². The van der Waals surface area contributed by atoms with Gasteiger partial charge in [-0.25, -0.2) is 0 Å². The molecule has 112 valence electrons. The summed E-state index contributed by atoms with van der Waals surface area (Å²) >= 11 is 0. The molecule has 19 heavy (non-hydrogen) atoms. The van der Waals surface area contributed by atoms with Crippen molar-refractivity contribution in [1.82, 2.24) is 15.1 Å². The Morgan fingerprint density at radius 2 is 1.74 bits per heavy atom. The second kappa shape index (κ2) is 7.61. The van der Waals surface area contributed by atoms with E-state index in [0.29, 0.717) is 6.04 Å². The molecule has 2 unspecified atom stereocenters. The van der Waals surface area contributed by atoms with Gasteiger partial charge in [0.15, 0.2) is 0 Å². The van der Waals surface area contributed by atoms with Crippen molar-refractivity contribution in [2.45, 2.75) is 58.5 Å². The molecule has 2 heterocycles. The highest BCUT2D eigenvalue weighted by atomic mass is 15.3. The van der Waals surface area contributed by atoms with Gasteiger partial charge in [0, 0.05) is 31.7 Å². The fraction of sp³-hybridized carbons (Fsp3) is 1.00. The van der Waals surface area contributed by atoms with Gasteiger partial charge in [-0.15, -0.1) is 0 Å². The lowest BCUT2D eigenvalue weighted by Gasteiger charge is -2.33. The fourth-order valence-corrected chi connectivity index (χ4v) is 3.46. The minimum Gasteiger partial charge on any atom is -0.315 e. The van der Waals surface area contributed by atoms with Crippen molar-refractivity contribution in [3.8, 4) is 0 Å². The summed E-state index contributed by atoms with van der Waals surface area (Å²) in [6.45, 7) is 14.5. The van der Waals surface area contributed by atoms with Gasteiger partial charge >= 0.3 is 0 Å². The average Bonchev–Trinajstić information content (AvgIpc) is 2.89. The van der Waals surface area contributed by atoms with Crippen LogP contribution in [-0.2, 0) is 0 Å². The zero-order valence-corrected chi connectivity index (χ0v) is 13.2. The molecule has 0 saturated carbocycles. The number of hydrogen-bond donors (Lipinski definition) is 1. The van der Waals surface area contributed by atoms with Crippen LogP contribution >= 0.6 is 0 Å². The lowest BCUT2D eigenvalue weighted by atomic mass is 10.1. The summed E-state index contributed by atoms with van der Waals surface area (Å²) in [5.74, 6) is 0.756. The van der Waals surface area contributed by atoms with E-state index in [9.17, 15) is 0 Å². The molecule has 2 fully saturated rings. The number of hydrogen-bond acceptors (Lipinski definition) is 3. The van der Waals surface area contributed by atoms with E-state index in [0.717, 1.165) is 25.0 Å². The molecule has 1 N–H and O–H groups in total. The van der Waals surface area contributed by atoms with Gasteiger partial charge in [0.1, 0.15) is 0 Å². The maximum Gasteiger partial charge on any atom is 0.0235 e. The molecule has 0 aromatic heterocycles. The zero-order valence-electron chi connectivity index (χ0n) is 13.2. The van der Waals surface area contributed by atoms with E-state index in [1.807, 2.05) is 0 Å². The van der Waals surface area contributed by atoms with Crippen molar-refractivity contribution >= 4 is 0 Å². The molecule has 2 rings (SSSR count). The van der Waals surface area contributed by atoms with Gasteiger partial charge in [0.25, 0.3) is 0 Å². The van der Waals surface area contributed by atoms with Crippen LogP contribution in [0.15, 0.2) is 0 Å². The standard InChI is InChI=1S/C16H33N3/c1-14(2)11-17-12-15(3)19-10-7-16(13-19)18-8-5-4-6-9-18/h14-17H,4-13H2,1-3H3. The molecule has 2 aliphatic heterocycles. The van der Waals surface area contributed by atoms with Gasteiger partial charge < -0.3 is 5.32 Å². The molecule has 2 atom stereocenters. The van der Waals surface area contributed by atoms with E-state index in [1.165, 1.54) is 51.9 Å².